The quantitative estimate of drug-likeness (QED) is 0.520. The number of ketones is 2. The number of carbonyl (C=O) groups excluding carboxylic acids is 2. The molecule has 1 atom stereocenters. The molecule has 0 aliphatic heterocycles. The van der Waals surface area contributed by atoms with E-state index in [0.717, 1.165) is 10.1 Å². The summed E-state index contributed by atoms with van der Waals surface area (Å²) in [4.78, 5) is 24.9. The Hall–Kier alpha value is -2.26. The highest BCUT2D eigenvalue weighted by Gasteiger charge is 2.23. The fourth-order valence-electron chi connectivity index (χ4n) is 2.34. The van der Waals surface area contributed by atoms with Crippen LogP contribution in [0.25, 0.3) is 10.1 Å². The average molecular weight is 294 g/mol. The van der Waals surface area contributed by atoms with Gasteiger partial charge in [-0.15, -0.1) is 11.3 Å². The predicted octanol–water partition coefficient (Wildman–Crippen LogP) is 4.60. The van der Waals surface area contributed by atoms with Crippen LogP contribution in [0.15, 0.2) is 60.0 Å². The van der Waals surface area contributed by atoms with E-state index in [1.165, 1.54) is 0 Å². The van der Waals surface area contributed by atoms with Gasteiger partial charge in [-0.3, -0.25) is 9.59 Å². The molecule has 3 aromatic rings. The minimum Gasteiger partial charge on any atom is -0.293 e. The summed E-state index contributed by atoms with van der Waals surface area (Å²) in [6.07, 6.45) is 0. The molecule has 21 heavy (non-hydrogen) atoms. The topological polar surface area (TPSA) is 34.1 Å². The van der Waals surface area contributed by atoms with Crippen molar-refractivity contribution in [1.29, 1.82) is 0 Å². The largest absolute Gasteiger partial charge is 0.293 e. The highest BCUT2D eigenvalue weighted by Crippen LogP contribution is 2.23. The zero-order valence-electron chi connectivity index (χ0n) is 11.6. The SMILES string of the molecule is CC(C(=O)c1ccccc1)C(=O)c1ccc2sccc2c1. The molecular formula is C18H14O2S. The maximum atomic E-state index is 12.5. The molecule has 3 heteroatoms. The van der Waals surface area contributed by atoms with Crippen LogP contribution in [0.2, 0.25) is 0 Å². The molecule has 0 aliphatic rings. The smallest absolute Gasteiger partial charge is 0.173 e. The number of benzene rings is 2. The van der Waals surface area contributed by atoms with E-state index in [2.05, 4.69) is 0 Å². The van der Waals surface area contributed by atoms with Crippen molar-refractivity contribution in [3.05, 3.63) is 71.1 Å². The molecule has 0 bridgehead atoms. The maximum absolute atomic E-state index is 12.5. The fourth-order valence-corrected chi connectivity index (χ4v) is 3.11. The van der Waals surface area contributed by atoms with Crippen molar-refractivity contribution in [2.75, 3.05) is 0 Å². The van der Waals surface area contributed by atoms with Gasteiger partial charge in [-0.25, -0.2) is 0 Å². The molecule has 0 fully saturated rings. The molecule has 2 nitrogen and oxygen atoms in total. The van der Waals surface area contributed by atoms with Crippen LogP contribution in [0.1, 0.15) is 27.6 Å². The zero-order valence-corrected chi connectivity index (χ0v) is 12.4. The lowest BCUT2D eigenvalue weighted by Gasteiger charge is -2.10. The van der Waals surface area contributed by atoms with Crippen LogP contribution in [-0.2, 0) is 0 Å². The van der Waals surface area contributed by atoms with Gasteiger partial charge in [0.2, 0.25) is 0 Å². The summed E-state index contributed by atoms with van der Waals surface area (Å²) < 4.78 is 1.15. The fraction of sp³-hybridized carbons (Fsp3) is 0.111. The third-order valence-electron chi connectivity index (χ3n) is 3.58. The Labute approximate surface area is 127 Å². The first-order valence-corrected chi connectivity index (χ1v) is 7.65. The summed E-state index contributed by atoms with van der Waals surface area (Å²) in [5.74, 6) is -0.925. The van der Waals surface area contributed by atoms with Gasteiger partial charge in [-0.05, 0) is 42.0 Å². The number of rotatable bonds is 4. The van der Waals surface area contributed by atoms with Gasteiger partial charge in [0.25, 0.3) is 0 Å². The van der Waals surface area contributed by atoms with Crippen LogP contribution in [-0.4, -0.2) is 11.6 Å². The molecule has 1 heterocycles. The lowest BCUT2D eigenvalue weighted by Crippen LogP contribution is -2.21. The van der Waals surface area contributed by atoms with Gasteiger partial charge < -0.3 is 0 Å². The molecule has 104 valence electrons. The van der Waals surface area contributed by atoms with Crippen LogP contribution < -0.4 is 0 Å². The summed E-state index contributed by atoms with van der Waals surface area (Å²) in [6, 6.07) is 16.5. The molecule has 0 aliphatic carbocycles. The Morgan fingerprint density at radius 3 is 2.38 bits per heavy atom. The van der Waals surface area contributed by atoms with Crippen molar-refractivity contribution in [3.63, 3.8) is 0 Å². The molecule has 0 saturated carbocycles. The van der Waals surface area contributed by atoms with Gasteiger partial charge in [0.15, 0.2) is 11.6 Å². The normalized spacial score (nSPS) is 12.2. The third-order valence-corrected chi connectivity index (χ3v) is 4.48. The molecule has 0 saturated heterocycles. The van der Waals surface area contributed by atoms with Gasteiger partial charge in [-0.2, -0.15) is 0 Å². The molecule has 0 amide bonds. The van der Waals surface area contributed by atoms with Crippen LogP contribution >= 0.6 is 11.3 Å². The number of thiophene rings is 1. The molecule has 3 rings (SSSR count). The van der Waals surface area contributed by atoms with Crippen LogP contribution in [0, 0.1) is 5.92 Å². The monoisotopic (exact) mass is 294 g/mol. The van der Waals surface area contributed by atoms with Crippen LogP contribution in [0.5, 0.6) is 0 Å². The Morgan fingerprint density at radius 2 is 1.62 bits per heavy atom. The minimum absolute atomic E-state index is 0.128. The third kappa shape index (κ3) is 2.65. The second-order valence-corrected chi connectivity index (χ2v) is 5.94. The van der Waals surface area contributed by atoms with E-state index in [-0.39, 0.29) is 11.6 Å². The summed E-state index contributed by atoms with van der Waals surface area (Å²) in [7, 11) is 0. The van der Waals surface area contributed by atoms with Gasteiger partial charge in [-0.1, -0.05) is 30.3 Å². The standard InChI is InChI=1S/C18H14O2S/c1-12(17(19)13-5-3-2-4-6-13)18(20)15-7-8-16-14(11-15)9-10-21-16/h2-12H,1H3. The highest BCUT2D eigenvalue weighted by molar-refractivity contribution is 7.17. The van der Waals surface area contributed by atoms with Gasteiger partial charge >= 0.3 is 0 Å². The zero-order chi connectivity index (χ0) is 14.8. The lowest BCUT2D eigenvalue weighted by molar-refractivity contribution is 0.0821. The number of carbonyl (C=O) groups is 2. The van der Waals surface area contributed by atoms with Crippen molar-refractivity contribution in [1.82, 2.24) is 0 Å². The van der Waals surface area contributed by atoms with Crippen molar-refractivity contribution in [2.24, 2.45) is 5.92 Å². The van der Waals surface area contributed by atoms with E-state index in [9.17, 15) is 9.59 Å². The van der Waals surface area contributed by atoms with Crippen molar-refractivity contribution < 1.29 is 9.59 Å². The molecular weight excluding hydrogens is 280 g/mol. The van der Waals surface area contributed by atoms with E-state index in [1.54, 1.807) is 36.5 Å². The number of fused-ring (bicyclic) bond motifs is 1. The van der Waals surface area contributed by atoms with Crippen molar-refractivity contribution in [2.45, 2.75) is 6.92 Å². The number of hydrogen-bond acceptors (Lipinski definition) is 3. The van der Waals surface area contributed by atoms with Gasteiger partial charge in [0, 0.05) is 15.8 Å². The van der Waals surface area contributed by atoms with E-state index in [4.69, 9.17) is 0 Å². The molecule has 2 aromatic carbocycles. The Kier molecular flexibility index (Phi) is 3.67. The van der Waals surface area contributed by atoms with Crippen molar-refractivity contribution in [3.8, 4) is 0 Å². The predicted molar refractivity (Wildman–Crippen MR) is 86.1 cm³/mol. The van der Waals surface area contributed by atoms with E-state index < -0.39 is 5.92 Å². The van der Waals surface area contributed by atoms with Gasteiger partial charge in [0.05, 0.1) is 5.92 Å². The first-order valence-electron chi connectivity index (χ1n) is 6.77. The lowest BCUT2D eigenvalue weighted by atomic mass is 9.91. The van der Waals surface area contributed by atoms with Crippen LogP contribution in [0.3, 0.4) is 0 Å². The van der Waals surface area contributed by atoms with E-state index >= 15 is 0 Å². The summed E-state index contributed by atoms with van der Waals surface area (Å²) in [5.41, 5.74) is 1.17. The molecule has 1 unspecified atom stereocenters. The summed E-state index contributed by atoms with van der Waals surface area (Å²) >= 11 is 1.64. The molecule has 0 radical (unpaired) electrons. The highest BCUT2D eigenvalue weighted by atomic mass is 32.1. The first kappa shape index (κ1) is 13.7. The number of hydrogen-bond donors (Lipinski definition) is 0. The Bertz CT molecular complexity index is 802. The second-order valence-electron chi connectivity index (χ2n) is 4.99. The maximum Gasteiger partial charge on any atom is 0.173 e. The van der Waals surface area contributed by atoms with Crippen molar-refractivity contribution >= 4 is 33.0 Å². The van der Waals surface area contributed by atoms with E-state index in [0.29, 0.717) is 11.1 Å². The van der Waals surface area contributed by atoms with Gasteiger partial charge in [0.1, 0.15) is 0 Å². The second kappa shape index (κ2) is 5.62. The Balaban J connectivity index is 1.88. The first-order chi connectivity index (χ1) is 10.2. The van der Waals surface area contributed by atoms with E-state index in [1.807, 2.05) is 41.8 Å². The molecule has 0 spiro atoms. The van der Waals surface area contributed by atoms with Crippen LogP contribution in [0.4, 0.5) is 0 Å². The minimum atomic E-state index is -0.663. The Morgan fingerprint density at radius 1 is 0.905 bits per heavy atom. The molecule has 0 N–H and O–H groups in total. The summed E-state index contributed by atoms with van der Waals surface area (Å²) in [6.45, 7) is 1.68. The summed E-state index contributed by atoms with van der Waals surface area (Å²) in [5, 5.41) is 3.04. The number of Topliss-reactive ketones (excluding diaryl/α,β-unsaturated/α-hetero) is 2. The average Bonchev–Trinajstić information content (AvgIpc) is 3.01. The molecule has 1 aromatic heterocycles.